The van der Waals surface area contributed by atoms with Crippen LogP contribution in [0.25, 0.3) is 11.4 Å². The number of H-pyrrole nitrogens is 1. The summed E-state index contributed by atoms with van der Waals surface area (Å²) in [5.41, 5.74) is 1.64. The third-order valence-corrected chi connectivity index (χ3v) is 6.08. The van der Waals surface area contributed by atoms with Gasteiger partial charge in [0.15, 0.2) is 0 Å². The van der Waals surface area contributed by atoms with E-state index in [0.717, 1.165) is 36.7 Å². The molecule has 1 saturated carbocycles. The predicted molar refractivity (Wildman–Crippen MR) is 109 cm³/mol. The molecule has 0 spiro atoms. The number of likely N-dealkylation sites (tertiary alicyclic amines) is 1. The van der Waals surface area contributed by atoms with Crippen LogP contribution in [-0.4, -0.2) is 46.5 Å². The summed E-state index contributed by atoms with van der Waals surface area (Å²) in [6.07, 6.45) is 7.80. The van der Waals surface area contributed by atoms with Crippen LogP contribution in [0.3, 0.4) is 0 Å². The van der Waals surface area contributed by atoms with Crippen LogP contribution in [0.4, 0.5) is 0 Å². The fourth-order valence-electron chi connectivity index (χ4n) is 4.38. The molecule has 1 atom stereocenters. The number of carbonyl (C=O) groups is 1. The molecule has 1 saturated heterocycles. The highest BCUT2D eigenvalue weighted by Crippen LogP contribution is 2.28. The van der Waals surface area contributed by atoms with Gasteiger partial charge in [-0.3, -0.25) is 9.59 Å². The molecule has 0 radical (unpaired) electrons. The number of rotatable bonds is 5. The predicted octanol–water partition coefficient (Wildman–Crippen LogP) is 2.74. The van der Waals surface area contributed by atoms with Crippen LogP contribution in [-0.2, 0) is 0 Å². The van der Waals surface area contributed by atoms with E-state index in [1.807, 2.05) is 31.2 Å². The monoisotopic (exact) mass is 380 g/mol. The lowest BCUT2D eigenvalue weighted by molar-refractivity contribution is 0.0945. The normalized spacial score (nSPS) is 20.5. The summed E-state index contributed by atoms with van der Waals surface area (Å²) in [5.74, 6) is 0.594. The number of hydrogen-bond acceptors (Lipinski definition) is 4. The van der Waals surface area contributed by atoms with Crippen LogP contribution in [0, 0.1) is 12.8 Å². The molecule has 0 bridgehead atoms. The van der Waals surface area contributed by atoms with Crippen LogP contribution in [0.1, 0.15) is 48.0 Å². The Labute approximate surface area is 165 Å². The Hall–Kier alpha value is -2.47. The van der Waals surface area contributed by atoms with Gasteiger partial charge in [-0.05, 0) is 38.6 Å². The van der Waals surface area contributed by atoms with E-state index in [-0.39, 0.29) is 11.5 Å². The first-order valence-corrected chi connectivity index (χ1v) is 10.3. The average molecular weight is 380 g/mol. The molecule has 2 aliphatic rings. The quantitative estimate of drug-likeness (QED) is 0.836. The van der Waals surface area contributed by atoms with Gasteiger partial charge in [-0.2, -0.15) is 0 Å². The van der Waals surface area contributed by atoms with Gasteiger partial charge in [0.05, 0.1) is 0 Å². The van der Waals surface area contributed by atoms with Crippen LogP contribution >= 0.6 is 0 Å². The molecule has 148 valence electrons. The van der Waals surface area contributed by atoms with Gasteiger partial charge in [0, 0.05) is 30.9 Å². The van der Waals surface area contributed by atoms with Crippen molar-refractivity contribution in [2.75, 3.05) is 19.6 Å². The van der Waals surface area contributed by atoms with Crippen LogP contribution in [0.2, 0.25) is 0 Å². The van der Waals surface area contributed by atoms with Crippen LogP contribution < -0.4 is 10.9 Å². The summed E-state index contributed by atoms with van der Waals surface area (Å²) < 4.78 is 0. The third-order valence-electron chi connectivity index (χ3n) is 6.08. The summed E-state index contributed by atoms with van der Waals surface area (Å²) in [6, 6.07) is 8.48. The minimum absolute atomic E-state index is 0.0708. The van der Waals surface area contributed by atoms with Crippen molar-refractivity contribution in [3.8, 4) is 11.4 Å². The second kappa shape index (κ2) is 8.27. The maximum Gasteiger partial charge on any atom is 0.264 e. The van der Waals surface area contributed by atoms with E-state index in [0.29, 0.717) is 18.3 Å². The first kappa shape index (κ1) is 18.9. The number of amides is 1. The molecule has 0 unspecified atom stereocenters. The fourth-order valence-corrected chi connectivity index (χ4v) is 4.38. The Morgan fingerprint density at radius 1 is 1.21 bits per heavy atom. The number of benzene rings is 1. The number of aryl methyl sites for hydroxylation is 1. The van der Waals surface area contributed by atoms with E-state index < -0.39 is 5.56 Å². The molecule has 1 amide bonds. The zero-order valence-electron chi connectivity index (χ0n) is 16.4. The van der Waals surface area contributed by atoms with E-state index in [1.54, 1.807) is 0 Å². The molecule has 2 aromatic rings. The minimum Gasteiger partial charge on any atom is -0.351 e. The molecule has 2 N–H and O–H groups in total. The number of carbonyl (C=O) groups excluding carboxylic acids is 1. The number of hydrogen-bond donors (Lipinski definition) is 2. The maximum atomic E-state index is 12.5. The third kappa shape index (κ3) is 4.17. The highest BCUT2D eigenvalue weighted by Gasteiger charge is 2.30. The van der Waals surface area contributed by atoms with Crippen molar-refractivity contribution in [2.45, 2.75) is 45.1 Å². The zero-order valence-corrected chi connectivity index (χ0v) is 16.4. The minimum atomic E-state index is -0.401. The number of aromatic amines is 1. The molecule has 6 heteroatoms. The van der Waals surface area contributed by atoms with Crippen molar-refractivity contribution in [1.29, 1.82) is 0 Å². The van der Waals surface area contributed by atoms with Gasteiger partial charge >= 0.3 is 0 Å². The first-order chi connectivity index (χ1) is 13.6. The van der Waals surface area contributed by atoms with Gasteiger partial charge in [0.1, 0.15) is 11.4 Å². The van der Waals surface area contributed by atoms with Crippen molar-refractivity contribution >= 4 is 5.91 Å². The van der Waals surface area contributed by atoms with Gasteiger partial charge < -0.3 is 15.2 Å². The average Bonchev–Trinajstić information content (AvgIpc) is 3.38. The standard InChI is InChI=1S/C22H28N4O2/c1-15-6-8-17(9-7-15)20-23-13-19(22(28)25-20)21(27)24-12-16-10-11-26(14-16)18-4-2-3-5-18/h6-9,13,16,18H,2-5,10-12,14H2,1H3,(H,24,27)(H,23,25,28)/t16-/m0/s1. The Morgan fingerprint density at radius 2 is 1.96 bits per heavy atom. The van der Waals surface area contributed by atoms with Crippen molar-refractivity contribution in [1.82, 2.24) is 20.2 Å². The Morgan fingerprint density at radius 3 is 2.68 bits per heavy atom. The van der Waals surface area contributed by atoms with Gasteiger partial charge in [0.2, 0.25) is 0 Å². The molecular formula is C22H28N4O2. The molecule has 2 heterocycles. The van der Waals surface area contributed by atoms with Gasteiger partial charge in [-0.25, -0.2) is 4.98 Å². The van der Waals surface area contributed by atoms with Gasteiger partial charge in [0.25, 0.3) is 11.5 Å². The van der Waals surface area contributed by atoms with Gasteiger partial charge in [-0.1, -0.05) is 42.7 Å². The molecular weight excluding hydrogens is 352 g/mol. The summed E-state index contributed by atoms with van der Waals surface area (Å²) in [6.45, 7) is 4.79. The lowest BCUT2D eigenvalue weighted by Gasteiger charge is -2.23. The fraction of sp³-hybridized carbons (Fsp3) is 0.500. The summed E-state index contributed by atoms with van der Waals surface area (Å²) >= 11 is 0. The summed E-state index contributed by atoms with van der Waals surface area (Å²) in [7, 11) is 0. The van der Waals surface area contributed by atoms with Crippen LogP contribution in [0.5, 0.6) is 0 Å². The van der Waals surface area contributed by atoms with Crippen molar-refractivity contribution in [3.05, 3.63) is 51.9 Å². The van der Waals surface area contributed by atoms with E-state index in [9.17, 15) is 9.59 Å². The Kier molecular flexibility index (Phi) is 5.57. The number of nitrogens with zero attached hydrogens (tertiary/aromatic N) is 2. The molecule has 1 aliphatic carbocycles. The summed E-state index contributed by atoms with van der Waals surface area (Å²) in [4.78, 5) is 34.4. The van der Waals surface area contributed by atoms with Gasteiger partial charge in [-0.15, -0.1) is 0 Å². The largest absolute Gasteiger partial charge is 0.351 e. The maximum absolute atomic E-state index is 12.5. The molecule has 1 aromatic carbocycles. The number of nitrogens with one attached hydrogen (secondary N) is 2. The molecule has 2 fully saturated rings. The Balaban J connectivity index is 1.34. The second-order valence-corrected chi connectivity index (χ2v) is 8.14. The van der Waals surface area contributed by atoms with E-state index in [4.69, 9.17) is 0 Å². The highest BCUT2D eigenvalue weighted by molar-refractivity contribution is 5.93. The first-order valence-electron chi connectivity index (χ1n) is 10.3. The molecule has 6 nitrogen and oxygen atoms in total. The molecule has 4 rings (SSSR count). The molecule has 28 heavy (non-hydrogen) atoms. The smallest absolute Gasteiger partial charge is 0.264 e. The van der Waals surface area contributed by atoms with E-state index >= 15 is 0 Å². The van der Waals surface area contributed by atoms with Crippen molar-refractivity contribution in [3.63, 3.8) is 0 Å². The highest BCUT2D eigenvalue weighted by atomic mass is 16.2. The second-order valence-electron chi connectivity index (χ2n) is 8.14. The van der Waals surface area contributed by atoms with Crippen LogP contribution in [0.15, 0.2) is 35.3 Å². The molecule has 1 aromatic heterocycles. The SMILES string of the molecule is Cc1ccc(-c2ncc(C(=O)NC[C@@H]3CCN(C4CCCC4)C3)c(=O)[nH]2)cc1. The molecule has 1 aliphatic heterocycles. The van der Waals surface area contributed by atoms with E-state index in [1.165, 1.54) is 31.9 Å². The lowest BCUT2D eigenvalue weighted by atomic mass is 10.1. The Bertz CT molecular complexity index is 884. The lowest BCUT2D eigenvalue weighted by Crippen LogP contribution is -2.36. The summed E-state index contributed by atoms with van der Waals surface area (Å²) in [5, 5.41) is 2.93. The number of aromatic nitrogens is 2. The topological polar surface area (TPSA) is 78.1 Å². The van der Waals surface area contributed by atoms with Crippen molar-refractivity contribution in [2.24, 2.45) is 5.92 Å². The zero-order chi connectivity index (χ0) is 19.5. The van der Waals surface area contributed by atoms with Crippen molar-refractivity contribution < 1.29 is 4.79 Å². The van der Waals surface area contributed by atoms with E-state index in [2.05, 4.69) is 20.2 Å².